The van der Waals surface area contributed by atoms with Crippen LogP contribution in [-0.4, -0.2) is 34.4 Å². The van der Waals surface area contributed by atoms with E-state index in [1.807, 2.05) is 5.43 Å². The Labute approximate surface area is 74.6 Å². The summed E-state index contributed by atoms with van der Waals surface area (Å²) in [6, 6.07) is 0. The van der Waals surface area contributed by atoms with Gasteiger partial charge in [0.1, 0.15) is 0 Å². The molecule has 0 aromatic heterocycles. The van der Waals surface area contributed by atoms with Gasteiger partial charge in [0.2, 0.25) is 5.91 Å². The molecule has 3 N–H and O–H groups in total. The van der Waals surface area contributed by atoms with Crippen molar-refractivity contribution >= 4 is 23.6 Å². The highest BCUT2D eigenvalue weighted by Crippen LogP contribution is 2.23. The molecule has 1 aliphatic rings. The average Bonchev–Trinajstić information content (AvgIpc) is 2.50. The number of nitrogens with zero attached hydrogens (tertiary/aromatic N) is 1. The molecular formula is C6H11N3O2S. The molecule has 2 amide bonds. The predicted molar refractivity (Wildman–Crippen MR) is 46.0 cm³/mol. The van der Waals surface area contributed by atoms with Gasteiger partial charge in [-0.1, -0.05) is 0 Å². The van der Waals surface area contributed by atoms with Crippen LogP contribution in [0.4, 0.5) is 0 Å². The van der Waals surface area contributed by atoms with Gasteiger partial charge in [-0.05, 0) is 0 Å². The van der Waals surface area contributed by atoms with Crippen molar-refractivity contribution in [1.29, 1.82) is 0 Å². The third-order valence-electron chi connectivity index (χ3n) is 1.66. The second-order valence-corrected chi connectivity index (χ2v) is 3.63. The highest BCUT2D eigenvalue weighted by Gasteiger charge is 2.32. The van der Waals surface area contributed by atoms with E-state index in [2.05, 4.69) is 0 Å². The Balaban J connectivity index is 2.63. The standard InChI is InChI=1S/C6H11N3O2S/c1-4(10)9-2-3-12-6(9)5(11)8-7/h6H,2-3,7H2,1H3,(H,8,11). The van der Waals surface area contributed by atoms with E-state index in [9.17, 15) is 9.59 Å². The maximum Gasteiger partial charge on any atom is 0.267 e. The minimum atomic E-state index is -0.438. The highest BCUT2D eigenvalue weighted by molar-refractivity contribution is 8.00. The summed E-state index contributed by atoms with van der Waals surface area (Å²) in [7, 11) is 0. The summed E-state index contributed by atoms with van der Waals surface area (Å²) in [5, 5.41) is -0.438. The molecular weight excluding hydrogens is 178 g/mol. The zero-order valence-corrected chi connectivity index (χ0v) is 7.56. The highest BCUT2D eigenvalue weighted by atomic mass is 32.2. The van der Waals surface area contributed by atoms with Crippen LogP contribution in [0.2, 0.25) is 0 Å². The normalized spacial score (nSPS) is 22.5. The average molecular weight is 189 g/mol. The fourth-order valence-corrected chi connectivity index (χ4v) is 2.26. The summed E-state index contributed by atoms with van der Waals surface area (Å²) in [6.45, 7) is 2.07. The number of carbonyl (C=O) groups is 2. The molecule has 0 radical (unpaired) electrons. The summed E-state index contributed by atoms with van der Waals surface area (Å²) in [5.41, 5.74) is 2.04. The van der Waals surface area contributed by atoms with E-state index in [1.165, 1.54) is 23.6 Å². The topological polar surface area (TPSA) is 75.4 Å². The Bertz CT molecular complexity index is 209. The molecule has 1 aliphatic heterocycles. The molecule has 0 bridgehead atoms. The van der Waals surface area contributed by atoms with Gasteiger partial charge in [-0.2, -0.15) is 0 Å². The Morgan fingerprint density at radius 3 is 2.83 bits per heavy atom. The van der Waals surface area contributed by atoms with Gasteiger partial charge in [0.15, 0.2) is 5.37 Å². The van der Waals surface area contributed by atoms with E-state index < -0.39 is 5.37 Å². The molecule has 1 rings (SSSR count). The summed E-state index contributed by atoms with van der Waals surface area (Å²) in [5.74, 6) is 5.35. The first kappa shape index (κ1) is 9.34. The number of amides is 2. The third kappa shape index (κ3) is 1.70. The molecule has 0 aliphatic carbocycles. The van der Waals surface area contributed by atoms with Crippen LogP contribution in [0, 0.1) is 0 Å². The Morgan fingerprint density at radius 1 is 1.67 bits per heavy atom. The van der Waals surface area contributed by atoms with E-state index in [0.29, 0.717) is 6.54 Å². The molecule has 0 spiro atoms. The first-order valence-electron chi connectivity index (χ1n) is 3.56. The van der Waals surface area contributed by atoms with Crippen molar-refractivity contribution in [2.75, 3.05) is 12.3 Å². The van der Waals surface area contributed by atoms with Crippen LogP contribution in [0.5, 0.6) is 0 Å². The van der Waals surface area contributed by atoms with Crippen LogP contribution in [0.1, 0.15) is 6.92 Å². The molecule has 6 heteroatoms. The quantitative estimate of drug-likeness (QED) is 0.312. The van der Waals surface area contributed by atoms with Gasteiger partial charge >= 0.3 is 0 Å². The second kappa shape index (κ2) is 3.77. The largest absolute Gasteiger partial charge is 0.321 e. The smallest absolute Gasteiger partial charge is 0.267 e. The van der Waals surface area contributed by atoms with Gasteiger partial charge in [0.25, 0.3) is 5.91 Å². The summed E-state index contributed by atoms with van der Waals surface area (Å²) >= 11 is 1.42. The summed E-state index contributed by atoms with van der Waals surface area (Å²) in [6.07, 6.45) is 0. The SMILES string of the molecule is CC(=O)N1CCSC1C(=O)NN. The number of hydrazine groups is 1. The fraction of sp³-hybridized carbons (Fsp3) is 0.667. The minimum absolute atomic E-state index is 0.0893. The number of carbonyl (C=O) groups excluding carboxylic acids is 2. The molecule has 1 fully saturated rings. The number of rotatable bonds is 1. The zero-order chi connectivity index (χ0) is 9.14. The van der Waals surface area contributed by atoms with Gasteiger partial charge < -0.3 is 4.90 Å². The van der Waals surface area contributed by atoms with Crippen LogP contribution in [-0.2, 0) is 9.59 Å². The fourth-order valence-electron chi connectivity index (χ4n) is 1.08. The zero-order valence-electron chi connectivity index (χ0n) is 6.74. The van der Waals surface area contributed by atoms with E-state index in [0.717, 1.165) is 5.75 Å². The molecule has 1 atom stereocenters. The molecule has 0 aromatic rings. The lowest BCUT2D eigenvalue weighted by Crippen LogP contribution is -2.46. The van der Waals surface area contributed by atoms with Gasteiger partial charge in [0.05, 0.1) is 0 Å². The first-order chi connectivity index (χ1) is 5.66. The molecule has 1 unspecified atom stereocenters. The Hall–Kier alpha value is -0.750. The van der Waals surface area contributed by atoms with Gasteiger partial charge in [-0.15, -0.1) is 11.8 Å². The number of hydrogen-bond donors (Lipinski definition) is 2. The van der Waals surface area contributed by atoms with Crippen LogP contribution < -0.4 is 11.3 Å². The number of nitrogens with one attached hydrogen (secondary N) is 1. The van der Waals surface area contributed by atoms with Gasteiger partial charge in [-0.25, -0.2) is 5.84 Å². The van der Waals surface area contributed by atoms with Crippen molar-refractivity contribution in [3.8, 4) is 0 Å². The van der Waals surface area contributed by atoms with Crippen molar-refractivity contribution in [2.24, 2.45) is 5.84 Å². The van der Waals surface area contributed by atoms with Crippen LogP contribution >= 0.6 is 11.8 Å². The third-order valence-corrected chi connectivity index (χ3v) is 2.86. The minimum Gasteiger partial charge on any atom is -0.321 e. The molecule has 0 aromatic carbocycles. The molecule has 5 nitrogen and oxygen atoms in total. The van der Waals surface area contributed by atoms with Crippen LogP contribution in [0.15, 0.2) is 0 Å². The molecule has 0 saturated carbocycles. The predicted octanol–water partition coefficient (Wildman–Crippen LogP) is -1.10. The molecule has 68 valence electrons. The van der Waals surface area contributed by atoms with Crippen molar-refractivity contribution < 1.29 is 9.59 Å². The second-order valence-electron chi connectivity index (χ2n) is 2.44. The number of nitrogens with two attached hydrogens (primary N) is 1. The van der Waals surface area contributed by atoms with Crippen LogP contribution in [0.3, 0.4) is 0 Å². The molecule has 1 saturated heterocycles. The van der Waals surface area contributed by atoms with E-state index in [4.69, 9.17) is 5.84 Å². The van der Waals surface area contributed by atoms with Gasteiger partial charge in [-0.3, -0.25) is 15.0 Å². The lowest BCUT2D eigenvalue weighted by molar-refractivity contribution is -0.134. The first-order valence-corrected chi connectivity index (χ1v) is 4.61. The van der Waals surface area contributed by atoms with Crippen molar-refractivity contribution in [3.63, 3.8) is 0 Å². The van der Waals surface area contributed by atoms with Crippen molar-refractivity contribution in [2.45, 2.75) is 12.3 Å². The lowest BCUT2D eigenvalue weighted by Gasteiger charge is -2.19. The van der Waals surface area contributed by atoms with E-state index >= 15 is 0 Å². The summed E-state index contributed by atoms with van der Waals surface area (Å²) < 4.78 is 0. The van der Waals surface area contributed by atoms with E-state index in [1.54, 1.807) is 0 Å². The lowest BCUT2D eigenvalue weighted by atomic mass is 10.4. The van der Waals surface area contributed by atoms with Crippen molar-refractivity contribution in [3.05, 3.63) is 0 Å². The Kier molecular flexibility index (Phi) is 2.93. The van der Waals surface area contributed by atoms with Crippen molar-refractivity contribution in [1.82, 2.24) is 10.3 Å². The summed E-state index contributed by atoms with van der Waals surface area (Å²) in [4.78, 5) is 23.6. The van der Waals surface area contributed by atoms with E-state index in [-0.39, 0.29) is 11.8 Å². The molecule has 12 heavy (non-hydrogen) atoms. The number of hydrogen-bond acceptors (Lipinski definition) is 4. The monoisotopic (exact) mass is 189 g/mol. The maximum atomic E-state index is 11.1. The Morgan fingerprint density at radius 2 is 2.33 bits per heavy atom. The van der Waals surface area contributed by atoms with Gasteiger partial charge in [0, 0.05) is 19.2 Å². The van der Waals surface area contributed by atoms with Crippen LogP contribution in [0.25, 0.3) is 0 Å². The number of thioether (sulfide) groups is 1. The maximum absolute atomic E-state index is 11.1. The molecule has 1 heterocycles.